The van der Waals surface area contributed by atoms with Crippen LogP contribution in [-0.2, 0) is 128 Å². The van der Waals surface area contributed by atoms with Crippen LogP contribution in [0.5, 0.6) is 0 Å². The fraction of sp³-hybridized carbons (Fsp3) is 0.730. The van der Waals surface area contributed by atoms with Gasteiger partial charge in [0.1, 0.15) is 11.6 Å². The second-order valence-corrected chi connectivity index (χ2v) is 32.1. The minimum atomic E-state index is -3.70. The number of ether oxygens (including phenoxy) is 8. The molecule has 2 aromatic rings. The highest BCUT2D eigenvalue weighted by molar-refractivity contribution is 7.89. The molecule has 6 unspecified atom stereocenters. The summed E-state index contributed by atoms with van der Waals surface area (Å²) in [5, 5.41) is 14.3. The summed E-state index contributed by atoms with van der Waals surface area (Å²) in [4.78, 5) is 125. The number of carbonyl (C=O) groups excluding carboxylic acids is 8. The smallest absolute Gasteiger partial charge is 0.368 e. The number of Topliss-reactive ketones (excluding diaryl/α,β-unsaturated/α-hetero) is 2. The van der Waals surface area contributed by atoms with Crippen molar-refractivity contribution in [2.45, 2.75) is 267 Å². The minimum Gasteiger partial charge on any atom is -0.465 e. The molecule has 7 aliphatic rings. The average Bonchev–Trinajstić information content (AvgIpc) is 1.69. The molecule has 37 heteroatoms. The molecule has 7 fully saturated rings. The normalized spacial score (nSPS) is 27.9. The molecule has 2 aromatic carbocycles. The number of hydrogen-bond donors (Lipinski definition) is 11. The van der Waals surface area contributed by atoms with E-state index in [-0.39, 0.29) is 70.4 Å². The van der Waals surface area contributed by atoms with Gasteiger partial charge in [-0.25, -0.2) is 23.1 Å². The van der Waals surface area contributed by atoms with Crippen molar-refractivity contribution in [3.8, 4) is 0 Å². The lowest BCUT2D eigenvalue weighted by molar-refractivity contribution is -0.235. The van der Waals surface area contributed by atoms with Gasteiger partial charge >= 0.3 is 11.9 Å². The number of hydrogen-bond acceptors (Lipinski definition) is 30. The maximum Gasteiger partial charge on any atom is 0.368 e. The summed E-state index contributed by atoms with van der Waals surface area (Å²) < 4.78 is 62.9. The number of primary sulfonamides is 1. The van der Waals surface area contributed by atoms with E-state index in [0.29, 0.717) is 118 Å². The molecule has 13 N–H and O–H groups in total. The first-order chi connectivity index (χ1) is 52.2. The number of rotatable bonds is 33. The first-order valence-electron chi connectivity index (χ1n) is 37.4. The Morgan fingerprint density at radius 2 is 0.784 bits per heavy atom. The number of primary amides is 1. The van der Waals surface area contributed by atoms with Crippen LogP contribution in [-0.4, -0.2) is 196 Å². The second kappa shape index (κ2) is 46.0. The summed E-state index contributed by atoms with van der Waals surface area (Å²) in [6.45, 7) is 20.8. The van der Waals surface area contributed by atoms with Crippen LogP contribution in [0, 0.1) is 23.7 Å². The van der Waals surface area contributed by atoms with Crippen LogP contribution in [0.4, 0.5) is 0 Å². The van der Waals surface area contributed by atoms with Crippen LogP contribution in [0.1, 0.15) is 183 Å². The third kappa shape index (κ3) is 30.7. The van der Waals surface area contributed by atoms with Crippen LogP contribution >= 0.6 is 11.6 Å². The Bertz CT molecular complexity index is 3390. The van der Waals surface area contributed by atoms with Gasteiger partial charge in [0.2, 0.25) is 10.0 Å². The van der Waals surface area contributed by atoms with E-state index in [1.807, 2.05) is 12.1 Å². The zero-order valence-corrected chi connectivity index (χ0v) is 69.2. The molecule has 6 saturated heterocycles. The third-order valence-electron chi connectivity index (χ3n) is 18.8. The van der Waals surface area contributed by atoms with E-state index < -0.39 is 62.6 Å². The SMILES string of the molecule is COC(=O)C1(OC)C[C@H](CC(C)C)NO1.COC(=O)C1(OC)C[C@H](CCC(C)=O)NO1.COC1(C(=O)NC2CC2)C[C@H](CC(C)C)NO1.COC1(C(=O)NCCc2ccc(S(N)(=O)=O)cc2)C[C@H](CC(C)C)NO1.COC1(C(=O)NCc2ccc(Cl)cc2)C[C@H](CCC(C)=O)NO1.COC1(C(N)=O)C[C@H](CC(C)C)NO1. The standard InChI is InChI=1S/C17H27N3O5S.C16H21ClN2O4.C12H22N2O3.C10H17NO5.C10H19NO4.C9H18N2O3/c1-12(2)10-14-11-17(24-3,25-20-14)16(21)19-9-8-13-4-6-15(7-5-13)26(18,22)23;1-11(20)3-8-14-9-16(22-2,23-19-14)15(21)18-10-12-4-6-13(17)7-5-12;1-8(2)6-10-7-12(16-3,17-14-10)11(15)13-9-4-5-9;1-7(12)4-5-8-6-10(15-3,16-11-8)9(13)14-2;1-7(2)5-8-6-10(14-4,15-11-8)9(12)13-3;1-6(2)4-7-5-9(13-3,8(10)12)14-11-7/h4-7,12,14,20H,8-11H2,1-3H3,(H,19,21)(H2,18,22,23);4-7,14,19H,3,8-10H2,1-2H3,(H,18,21);8-10,14H,4-7H2,1-3H3,(H,13,15);8,11H,4-6H2,1-3H3;7-8,11H,5-6H2,1-4H3;6-7,11H,4-5H2,1-3H3,(H2,10,12)/t14-,17?;14-,16?;10-,12?;2*8-,10?;7-,9?/m000000/s1. The molecular weight excluding hydrogens is 1490 g/mol. The number of ketones is 2. The zero-order chi connectivity index (χ0) is 83.1. The highest BCUT2D eigenvalue weighted by Crippen LogP contribution is 2.34. The van der Waals surface area contributed by atoms with Crippen molar-refractivity contribution in [1.82, 2.24) is 48.8 Å². The summed E-state index contributed by atoms with van der Waals surface area (Å²) in [6.07, 6.45) is 11.1. The van der Waals surface area contributed by atoms with Gasteiger partial charge in [0.05, 0.1) is 19.1 Å². The van der Waals surface area contributed by atoms with Crippen molar-refractivity contribution in [3.63, 3.8) is 0 Å². The Balaban J connectivity index is 0.000000285. The molecule has 6 aliphatic heterocycles. The van der Waals surface area contributed by atoms with Gasteiger partial charge in [-0.2, -0.15) is 32.9 Å². The molecule has 111 heavy (non-hydrogen) atoms. The number of sulfonamides is 1. The Morgan fingerprint density at radius 1 is 0.468 bits per heavy atom. The van der Waals surface area contributed by atoms with Crippen molar-refractivity contribution >= 4 is 68.8 Å². The number of halogens is 1. The van der Waals surface area contributed by atoms with Gasteiger partial charge in [0, 0.05) is 154 Å². The molecule has 9 rings (SSSR count). The quantitative estimate of drug-likeness (QED) is 0.0430. The molecule has 1 saturated carbocycles. The summed E-state index contributed by atoms with van der Waals surface area (Å²) in [6, 6.07) is 14.1. The number of amides is 4. The Kier molecular flexibility index (Phi) is 40.4. The first-order valence-corrected chi connectivity index (χ1v) is 39.3. The van der Waals surface area contributed by atoms with Crippen molar-refractivity contribution in [1.29, 1.82) is 0 Å². The van der Waals surface area contributed by atoms with Gasteiger partial charge in [-0.3, -0.25) is 48.2 Å². The first kappa shape index (κ1) is 97.4. The van der Waals surface area contributed by atoms with E-state index >= 15 is 0 Å². The van der Waals surface area contributed by atoms with Crippen molar-refractivity contribution in [2.75, 3.05) is 63.4 Å². The largest absolute Gasteiger partial charge is 0.465 e. The highest BCUT2D eigenvalue weighted by atomic mass is 35.5. The van der Waals surface area contributed by atoms with E-state index in [1.54, 1.807) is 24.3 Å². The van der Waals surface area contributed by atoms with Crippen LogP contribution in [0.15, 0.2) is 53.4 Å². The fourth-order valence-corrected chi connectivity index (χ4v) is 13.2. The van der Waals surface area contributed by atoms with Gasteiger partial charge in [0.25, 0.3) is 58.4 Å². The van der Waals surface area contributed by atoms with Crippen molar-refractivity contribution < 1.29 is 114 Å². The molecular formula is C74H124ClN11O24S. The third-order valence-corrected chi connectivity index (χ3v) is 19.9. The molecule has 0 bridgehead atoms. The van der Waals surface area contributed by atoms with Crippen molar-refractivity contribution in [3.05, 3.63) is 64.7 Å². The highest BCUT2D eigenvalue weighted by Gasteiger charge is 2.54. The van der Waals surface area contributed by atoms with E-state index in [1.165, 1.54) is 82.9 Å². The van der Waals surface area contributed by atoms with Gasteiger partial charge in [-0.15, -0.1) is 0 Å². The molecule has 1 aliphatic carbocycles. The average molecular weight is 1620 g/mol. The van der Waals surface area contributed by atoms with E-state index in [0.717, 1.165) is 49.7 Å². The predicted octanol–water partition coefficient (Wildman–Crippen LogP) is 4.74. The number of hydroxylamine groups is 6. The number of carbonyl (C=O) groups is 8. The minimum absolute atomic E-state index is 0.0604. The van der Waals surface area contributed by atoms with Crippen molar-refractivity contribution in [2.24, 2.45) is 34.5 Å². The monoisotopic (exact) mass is 1620 g/mol. The van der Waals surface area contributed by atoms with Crippen LogP contribution in [0.2, 0.25) is 5.02 Å². The van der Waals surface area contributed by atoms with E-state index in [2.05, 4.69) is 114 Å². The van der Waals surface area contributed by atoms with Gasteiger partial charge in [-0.05, 0) is 131 Å². The zero-order valence-electron chi connectivity index (χ0n) is 67.6. The molecule has 632 valence electrons. The van der Waals surface area contributed by atoms with Crippen LogP contribution in [0.3, 0.4) is 0 Å². The summed E-state index contributed by atoms with van der Waals surface area (Å²) in [5.41, 5.74) is 23.9. The summed E-state index contributed by atoms with van der Waals surface area (Å²) >= 11 is 5.83. The lowest BCUT2D eigenvalue weighted by Gasteiger charge is -2.24. The van der Waals surface area contributed by atoms with Gasteiger partial charge in [0.15, 0.2) is 0 Å². The Hall–Kier alpha value is -5.92. The molecule has 0 spiro atoms. The van der Waals surface area contributed by atoms with Crippen LogP contribution < -0.4 is 59.7 Å². The van der Waals surface area contributed by atoms with E-state index in [9.17, 15) is 46.8 Å². The van der Waals surface area contributed by atoms with E-state index in [4.69, 9.17) is 79.9 Å². The van der Waals surface area contributed by atoms with Gasteiger partial charge in [-0.1, -0.05) is 91.3 Å². The number of esters is 2. The number of methoxy groups -OCH3 is 8. The Labute approximate surface area is 657 Å². The molecule has 12 atom stereocenters. The fourth-order valence-electron chi connectivity index (χ4n) is 12.6. The maximum absolute atomic E-state index is 12.5. The second-order valence-electron chi connectivity index (χ2n) is 30.1. The Morgan fingerprint density at radius 3 is 1.12 bits per heavy atom. The van der Waals surface area contributed by atoms with Crippen LogP contribution in [0.25, 0.3) is 0 Å². The lowest BCUT2D eigenvalue weighted by atomic mass is 9.98. The number of benzene rings is 2. The lowest BCUT2D eigenvalue weighted by Crippen LogP contribution is -2.49. The summed E-state index contributed by atoms with van der Waals surface area (Å²) in [7, 11) is 7.53. The number of nitrogens with one attached hydrogen (secondary N) is 9. The molecule has 6 heterocycles. The predicted molar refractivity (Wildman–Crippen MR) is 404 cm³/mol. The van der Waals surface area contributed by atoms with Gasteiger partial charge < -0.3 is 69.2 Å². The number of nitrogens with two attached hydrogens (primary N) is 2. The maximum atomic E-state index is 12.5. The molecule has 35 nitrogen and oxygen atoms in total. The summed E-state index contributed by atoms with van der Waals surface area (Å²) in [5.74, 6) is -7.92. The molecule has 0 radical (unpaired) electrons. The molecule has 4 amide bonds. The topological polar surface area (TPSA) is 460 Å². The molecule has 0 aromatic heterocycles.